The van der Waals surface area contributed by atoms with Crippen LogP contribution in [0.3, 0.4) is 0 Å². The fraction of sp³-hybridized carbons (Fsp3) is 0.238. The fourth-order valence-corrected chi connectivity index (χ4v) is 2.98. The number of carbonyl (C=O) groups is 1. The summed E-state index contributed by atoms with van der Waals surface area (Å²) in [4.78, 5) is 26.6. The second kappa shape index (κ2) is 8.19. The van der Waals surface area contributed by atoms with E-state index in [0.29, 0.717) is 30.0 Å². The minimum absolute atomic E-state index is 0.0245. The summed E-state index contributed by atoms with van der Waals surface area (Å²) in [6, 6.07) is 15.4. The number of H-pyrrole nitrogens is 1. The average molecular weight is 369 g/mol. The molecule has 26 heavy (non-hydrogen) atoms. The van der Waals surface area contributed by atoms with Crippen LogP contribution in [0.1, 0.15) is 23.1 Å². The van der Waals surface area contributed by atoms with Crippen LogP contribution in [0.25, 0.3) is 10.9 Å². The molecule has 0 atom stereocenters. The first-order chi connectivity index (χ1) is 12.5. The Morgan fingerprint density at radius 2 is 1.77 bits per heavy atom. The van der Waals surface area contributed by atoms with Gasteiger partial charge in [0.05, 0.1) is 0 Å². The highest BCUT2D eigenvalue weighted by atomic mass is 35.5. The smallest absolute Gasteiger partial charge is 0.251 e. The van der Waals surface area contributed by atoms with Gasteiger partial charge in [0.15, 0.2) is 0 Å². The SMILES string of the molecule is Cc1cc2ccc(CCC(=O)NCCc3ccc(Cl)cc3)cc2[nH]c1=O. The van der Waals surface area contributed by atoms with Crippen LogP contribution in [0, 0.1) is 6.92 Å². The minimum atomic E-state index is -0.0745. The summed E-state index contributed by atoms with van der Waals surface area (Å²) in [6.45, 7) is 2.39. The number of fused-ring (bicyclic) bond motifs is 1. The van der Waals surface area contributed by atoms with Crippen LogP contribution >= 0.6 is 11.6 Å². The minimum Gasteiger partial charge on any atom is -0.356 e. The molecular formula is C21H21ClN2O2. The van der Waals surface area contributed by atoms with E-state index in [1.54, 1.807) is 6.92 Å². The number of rotatable bonds is 6. The summed E-state index contributed by atoms with van der Waals surface area (Å²) < 4.78 is 0. The Balaban J connectivity index is 1.51. The van der Waals surface area contributed by atoms with Gasteiger partial charge in [0.2, 0.25) is 5.91 Å². The maximum atomic E-state index is 12.0. The highest BCUT2D eigenvalue weighted by Crippen LogP contribution is 2.15. The molecule has 134 valence electrons. The van der Waals surface area contributed by atoms with Gasteiger partial charge >= 0.3 is 0 Å². The Bertz CT molecular complexity index is 977. The molecule has 3 aromatic rings. The normalized spacial score (nSPS) is 10.8. The molecule has 0 aliphatic heterocycles. The van der Waals surface area contributed by atoms with Crippen molar-refractivity contribution in [2.24, 2.45) is 0 Å². The van der Waals surface area contributed by atoms with E-state index < -0.39 is 0 Å². The number of hydrogen-bond donors (Lipinski definition) is 2. The maximum absolute atomic E-state index is 12.0. The molecule has 4 nitrogen and oxygen atoms in total. The Hall–Kier alpha value is -2.59. The molecule has 0 bridgehead atoms. The Morgan fingerprint density at radius 1 is 1.04 bits per heavy atom. The number of nitrogens with one attached hydrogen (secondary N) is 2. The molecule has 0 saturated carbocycles. The van der Waals surface area contributed by atoms with Crippen molar-refractivity contribution in [2.75, 3.05) is 6.54 Å². The fourth-order valence-electron chi connectivity index (χ4n) is 2.86. The largest absolute Gasteiger partial charge is 0.356 e. The molecule has 0 aliphatic rings. The molecule has 1 aromatic heterocycles. The van der Waals surface area contributed by atoms with Crippen LogP contribution in [0.4, 0.5) is 0 Å². The molecule has 3 rings (SSSR count). The van der Waals surface area contributed by atoms with Gasteiger partial charge in [0.1, 0.15) is 0 Å². The Labute approximate surface area is 157 Å². The molecule has 0 spiro atoms. The van der Waals surface area contributed by atoms with Gasteiger partial charge in [-0.15, -0.1) is 0 Å². The number of aryl methyl sites for hydroxylation is 2. The number of amides is 1. The molecule has 2 aromatic carbocycles. The summed E-state index contributed by atoms with van der Waals surface area (Å²) in [7, 11) is 0. The zero-order valence-corrected chi connectivity index (χ0v) is 15.4. The molecular weight excluding hydrogens is 348 g/mol. The number of hydrogen-bond acceptors (Lipinski definition) is 2. The summed E-state index contributed by atoms with van der Waals surface area (Å²) >= 11 is 5.86. The van der Waals surface area contributed by atoms with Crippen LogP contribution in [0.5, 0.6) is 0 Å². The first kappa shape index (κ1) is 18.2. The summed E-state index contributed by atoms with van der Waals surface area (Å²) in [5, 5.41) is 4.65. The van der Waals surface area contributed by atoms with Crippen molar-refractivity contribution in [3.8, 4) is 0 Å². The van der Waals surface area contributed by atoms with Crippen LogP contribution < -0.4 is 10.9 Å². The Kier molecular flexibility index (Phi) is 5.74. The molecule has 1 heterocycles. The molecule has 0 unspecified atom stereocenters. The highest BCUT2D eigenvalue weighted by Gasteiger charge is 2.05. The van der Waals surface area contributed by atoms with Crippen LogP contribution in [0.15, 0.2) is 53.3 Å². The zero-order valence-electron chi connectivity index (χ0n) is 14.6. The number of carbonyl (C=O) groups excluding carboxylic acids is 1. The molecule has 1 amide bonds. The standard InChI is InChI=1S/C21H21ClN2O2/c1-14-12-17-6-2-16(13-19(17)24-21(14)26)5-9-20(25)23-11-10-15-3-7-18(22)8-4-15/h2-4,6-8,12-13H,5,9-11H2,1H3,(H,23,25)(H,24,26). The Morgan fingerprint density at radius 3 is 2.54 bits per heavy atom. The number of halogens is 1. The van der Waals surface area contributed by atoms with E-state index in [2.05, 4.69) is 10.3 Å². The molecule has 0 saturated heterocycles. The summed E-state index contributed by atoms with van der Waals surface area (Å²) in [5.41, 5.74) is 3.61. The number of pyridine rings is 1. The van der Waals surface area contributed by atoms with Crippen molar-refractivity contribution < 1.29 is 4.79 Å². The van der Waals surface area contributed by atoms with E-state index in [9.17, 15) is 9.59 Å². The van der Waals surface area contributed by atoms with Crippen LogP contribution in [-0.2, 0) is 17.6 Å². The van der Waals surface area contributed by atoms with Crippen molar-refractivity contribution in [1.82, 2.24) is 10.3 Å². The van der Waals surface area contributed by atoms with Gasteiger partial charge in [0.25, 0.3) is 5.56 Å². The van der Waals surface area contributed by atoms with E-state index in [0.717, 1.165) is 28.5 Å². The predicted octanol–water partition coefficient (Wildman–Crippen LogP) is 3.78. The highest BCUT2D eigenvalue weighted by molar-refractivity contribution is 6.30. The summed E-state index contributed by atoms with van der Waals surface area (Å²) in [6.07, 6.45) is 1.83. The average Bonchev–Trinajstić information content (AvgIpc) is 2.62. The molecule has 0 fully saturated rings. The molecule has 5 heteroatoms. The number of aromatic nitrogens is 1. The van der Waals surface area contributed by atoms with Crippen molar-refractivity contribution in [3.63, 3.8) is 0 Å². The van der Waals surface area contributed by atoms with E-state index >= 15 is 0 Å². The summed E-state index contributed by atoms with van der Waals surface area (Å²) in [5.74, 6) is 0.0245. The first-order valence-electron chi connectivity index (χ1n) is 8.65. The molecule has 2 N–H and O–H groups in total. The lowest BCUT2D eigenvalue weighted by atomic mass is 10.1. The van der Waals surface area contributed by atoms with Gasteiger partial charge in [-0.25, -0.2) is 0 Å². The first-order valence-corrected chi connectivity index (χ1v) is 9.03. The lowest BCUT2D eigenvalue weighted by molar-refractivity contribution is -0.121. The monoisotopic (exact) mass is 368 g/mol. The zero-order chi connectivity index (χ0) is 18.5. The second-order valence-electron chi connectivity index (χ2n) is 6.43. The third kappa shape index (κ3) is 4.73. The van der Waals surface area contributed by atoms with Gasteiger partial charge in [-0.3, -0.25) is 9.59 Å². The van der Waals surface area contributed by atoms with Crippen molar-refractivity contribution in [1.29, 1.82) is 0 Å². The third-order valence-corrected chi connectivity index (χ3v) is 4.64. The topological polar surface area (TPSA) is 62.0 Å². The second-order valence-corrected chi connectivity index (χ2v) is 6.87. The third-order valence-electron chi connectivity index (χ3n) is 4.39. The van der Waals surface area contributed by atoms with Gasteiger partial charge in [-0.1, -0.05) is 35.9 Å². The van der Waals surface area contributed by atoms with Crippen molar-refractivity contribution in [2.45, 2.75) is 26.2 Å². The number of benzene rings is 2. The van der Waals surface area contributed by atoms with Crippen LogP contribution in [-0.4, -0.2) is 17.4 Å². The quantitative estimate of drug-likeness (QED) is 0.695. The van der Waals surface area contributed by atoms with Gasteiger partial charge in [-0.05, 0) is 60.5 Å². The van der Waals surface area contributed by atoms with Crippen molar-refractivity contribution in [3.05, 3.63) is 80.6 Å². The lowest BCUT2D eigenvalue weighted by Crippen LogP contribution is -2.25. The number of aromatic amines is 1. The van der Waals surface area contributed by atoms with E-state index in [-0.39, 0.29) is 11.5 Å². The van der Waals surface area contributed by atoms with Crippen molar-refractivity contribution >= 4 is 28.4 Å². The van der Waals surface area contributed by atoms with E-state index in [1.165, 1.54) is 0 Å². The van der Waals surface area contributed by atoms with E-state index in [4.69, 9.17) is 11.6 Å². The van der Waals surface area contributed by atoms with Gasteiger partial charge in [-0.2, -0.15) is 0 Å². The van der Waals surface area contributed by atoms with Crippen LogP contribution in [0.2, 0.25) is 5.02 Å². The predicted molar refractivity (Wildman–Crippen MR) is 106 cm³/mol. The molecule has 0 radical (unpaired) electrons. The lowest BCUT2D eigenvalue weighted by Gasteiger charge is -2.07. The van der Waals surface area contributed by atoms with Gasteiger partial charge < -0.3 is 10.3 Å². The van der Waals surface area contributed by atoms with Gasteiger partial charge in [0, 0.05) is 29.1 Å². The van der Waals surface area contributed by atoms with E-state index in [1.807, 2.05) is 48.5 Å². The maximum Gasteiger partial charge on any atom is 0.251 e. The molecule has 0 aliphatic carbocycles.